The fourth-order valence-corrected chi connectivity index (χ4v) is 0.568. The van der Waals surface area contributed by atoms with E-state index in [1.807, 2.05) is 6.92 Å². The molecule has 3 nitrogen and oxygen atoms in total. The van der Waals surface area contributed by atoms with E-state index in [9.17, 15) is 4.39 Å². The van der Waals surface area contributed by atoms with Crippen LogP contribution in [0.3, 0.4) is 0 Å². The minimum absolute atomic E-state index is 0.292. The van der Waals surface area contributed by atoms with Crippen molar-refractivity contribution in [1.29, 1.82) is 0 Å². The van der Waals surface area contributed by atoms with Crippen molar-refractivity contribution in [3.8, 4) is 0 Å². The van der Waals surface area contributed by atoms with E-state index in [-0.39, 0.29) is 6.00 Å². The Hall–Kier alpha value is -0.125. The summed E-state index contributed by atoms with van der Waals surface area (Å²) in [6.07, 6.45) is 0.645. The summed E-state index contributed by atoms with van der Waals surface area (Å²) in [5, 5.41) is 16.9. The maximum absolute atomic E-state index is 13.0. The lowest BCUT2D eigenvalue weighted by Gasteiger charge is -2.24. The fraction of sp³-hybridized carbons (Fsp3) is 1.00. The van der Waals surface area contributed by atoms with Gasteiger partial charge in [0, 0.05) is 6.00 Å². The van der Waals surface area contributed by atoms with Gasteiger partial charge < -0.3 is 14.9 Å². The van der Waals surface area contributed by atoms with Crippen molar-refractivity contribution in [2.24, 2.45) is 0 Å². The summed E-state index contributed by atoms with van der Waals surface area (Å²) in [6, 6.07) is -0.292. The summed E-state index contributed by atoms with van der Waals surface area (Å²) in [4.78, 5) is 0. The molecule has 0 spiro atoms. The van der Waals surface area contributed by atoms with E-state index in [1.165, 1.54) is 0 Å². The van der Waals surface area contributed by atoms with Crippen LogP contribution in [0.2, 0.25) is 0 Å². The Balaban J connectivity index is 3.86. The number of aliphatic hydroxyl groups excluding tert-OH is 2. The van der Waals surface area contributed by atoms with Gasteiger partial charge >= 0.3 is 0 Å². The van der Waals surface area contributed by atoms with Crippen molar-refractivity contribution in [1.82, 2.24) is 0 Å². The second-order valence-corrected chi connectivity index (χ2v) is 2.54. The average Bonchev–Trinajstić information content (AvgIpc) is 2.04. The molecule has 0 amide bonds. The quantitative estimate of drug-likeness (QED) is 0.513. The molecule has 0 radical (unpaired) electrons. The van der Waals surface area contributed by atoms with Crippen molar-refractivity contribution >= 4 is 7.85 Å². The third kappa shape index (κ3) is 3.69. The van der Waals surface area contributed by atoms with E-state index in [0.717, 1.165) is 0 Å². The smallest absolute Gasteiger partial charge is 0.255 e. The van der Waals surface area contributed by atoms with Crippen molar-refractivity contribution in [2.75, 3.05) is 13.2 Å². The first-order valence-electron chi connectivity index (χ1n) is 3.66. The molecule has 0 aromatic heterocycles. The van der Waals surface area contributed by atoms with Crippen LogP contribution >= 0.6 is 0 Å². The molecule has 66 valence electrons. The Kier molecular flexibility index (Phi) is 4.64. The van der Waals surface area contributed by atoms with Gasteiger partial charge in [-0.15, -0.1) is 0 Å². The van der Waals surface area contributed by atoms with E-state index in [0.29, 0.717) is 6.42 Å². The van der Waals surface area contributed by atoms with Crippen molar-refractivity contribution in [2.45, 2.75) is 25.2 Å². The van der Waals surface area contributed by atoms with E-state index < -0.39 is 19.1 Å². The van der Waals surface area contributed by atoms with Crippen LogP contribution in [0.1, 0.15) is 13.3 Å². The first-order chi connectivity index (χ1) is 5.08. The zero-order valence-corrected chi connectivity index (χ0v) is 6.88. The van der Waals surface area contributed by atoms with Crippen molar-refractivity contribution in [3.05, 3.63) is 0 Å². The van der Waals surface area contributed by atoms with Crippen LogP contribution in [0.25, 0.3) is 0 Å². The number of ether oxygens (including phenoxy) is 1. The molecule has 0 aliphatic heterocycles. The molecule has 0 saturated heterocycles. The lowest BCUT2D eigenvalue weighted by Crippen LogP contribution is -2.39. The van der Waals surface area contributed by atoms with Gasteiger partial charge in [0.15, 0.2) is 0 Å². The topological polar surface area (TPSA) is 49.7 Å². The van der Waals surface area contributed by atoms with Gasteiger partial charge in [0.05, 0.1) is 0 Å². The second kappa shape index (κ2) is 4.69. The lowest BCUT2D eigenvalue weighted by atomic mass is 9.97. The molecule has 11 heavy (non-hydrogen) atoms. The third-order valence-electron chi connectivity index (χ3n) is 1.46. The van der Waals surface area contributed by atoms with E-state index >= 15 is 0 Å². The zero-order valence-electron chi connectivity index (χ0n) is 6.88. The van der Waals surface area contributed by atoms with E-state index in [4.69, 9.17) is 14.9 Å². The summed E-state index contributed by atoms with van der Waals surface area (Å²) in [5.74, 6) is -2.28. The van der Waals surface area contributed by atoms with Crippen LogP contribution < -0.4 is 0 Å². The van der Waals surface area contributed by atoms with Crippen LogP contribution in [0.15, 0.2) is 0 Å². The Labute approximate surface area is 66.6 Å². The van der Waals surface area contributed by atoms with Crippen LogP contribution in [-0.4, -0.2) is 43.1 Å². The number of hydrogen-bond donors (Lipinski definition) is 2. The molecule has 2 N–H and O–H groups in total. The van der Waals surface area contributed by atoms with Gasteiger partial charge in [-0.25, -0.2) is 4.39 Å². The number of rotatable bonds is 5. The van der Waals surface area contributed by atoms with Gasteiger partial charge in [-0.05, 0) is 6.42 Å². The zero-order chi connectivity index (χ0) is 8.91. The average molecular weight is 164 g/mol. The molecule has 0 rings (SSSR count). The Morgan fingerprint density at radius 1 is 1.55 bits per heavy atom. The summed E-state index contributed by atoms with van der Waals surface area (Å²) < 4.78 is 17.7. The first kappa shape index (κ1) is 10.9. The molecule has 0 aliphatic rings. The van der Waals surface area contributed by atoms with Crippen molar-refractivity contribution < 1.29 is 19.3 Å². The molecule has 0 unspecified atom stereocenters. The molecular weight excluding hydrogens is 150 g/mol. The van der Waals surface area contributed by atoms with Crippen LogP contribution in [0, 0.1) is 0 Å². The number of aliphatic hydroxyl groups is 2. The summed E-state index contributed by atoms with van der Waals surface area (Å²) >= 11 is 0. The molecule has 0 aliphatic carbocycles. The van der Waals surface area contributed by atoms with E-state index in [1.54, 1.807) is 7.85 Å². The highest BCUT2D eigenvalue weighted by molar-refractivity contribution is 6.10. The number of halogens is 1. The Morgan fingerprint density at radius 3 is 2.27 bits per heavy atom. The normalized spacial score (nSPS) is 14.9. The maximum Gasteiger partial charge on any atom is 0.255 e. The molecule has 0 bridgehead atoms. The molecule has 5 heteroatoms. The van der Waals surface area contributed by atoms with Gasteiger partial charge in [-0.1, -0.05) is 6.92 Å². The van der Waals surface area contributed by atoms with Crippen LogP contribution in [-0.2, 0) is 4.74 Å². The van der Waals surface area contributed by atoms with Gasteiger partial charge in [-0.2, -0.15) is 0 Å². The first-order valence-corrected chi connectivity index (χ1v) is 3.66. The van der Waals surface area contributed by atoms with Gasteiger partial charge in [0.25, 0.3) is 5.85 Å². The Morgan fingerprint density at radius 2 is 2.00 bits per heavy atom. The highest BCUT2D eigenvalue weighted by atomic mass is 19.2. The number of alkyl halides is 1. The Bertz CT molecular complexity index is 108. The SMILES string of the molecule is B[C@@H](CC)OC(F)(CO)CO. The van der Waals surface area contributed by atoms with Gasteiger partial charge in [0.2, 0.25) is 0 Å². The van der Waals surface area contributed by atoms with Gasteiger partial charge in [-0.3, -0.25) is 0 Å². The van der Waals surface area contributed by atoms with E-state index in [2.05, 4.69) is 0 Å². The molecule has 0 fully saturated rings. The predicted molar refractivity (Wildman–Crippen MR) is 41.7 cm³/mol. The third-order valence-corrected chi connectivity index (χ3v) is 1.46. The minimum Gasteiger partial charge on any atom is -0.390 e. The molecule has 0 heterocycles. The largest absolute Gasteiger partial charge is 0.390 e. The lowest BCUT2D eigenvalue weighted by molar-refractivity contribution is -0.202. The molecule has 0 saturated carbocycles. The molecule has 1 atom stereocenters. The number of hydrogen-bond acceptors (Lipinski definition) is 3. The standard InChI is InChI=1S/C6H14BFO3/c1-2-5(7)11-6(8,3-9)4-10/h5,9-10H,2-4,7H2,1H3/t5-/m1/s1. The highest BCUT2D eigenvalue weighted by Crippen LogP contribution is 2.14. The minimum atomic E-state index is -2.28. The van der Waals surface area contributed by atoms with Crippen LogP contribution in [0.4, 0.5) is 4.39 Å². The summed E-state index contributed by atoms with van der Waals surface area (Å²) in [7, 11) is 1.68. The monoisotopic (exact) mass is 164 g/mol. The molecule has 0 aromatic rings. The fourth-order valence-electron chi connectivity index (χ4n) is 0.568. The summed E-state index contributed by atoms with van der Waals surface area (Å²) in [5.41, 5.74) is 0. The second-order valence-electron chi connectivity index (χ2n) is 2.54. The van der Waals surface area contributed by atoms with Gasteiger partial charge in [0.1, 0.15) is 21.1 Å². The predicted octanol–water partition coefficient (Wildman–Crippen LogP) is -0.977. The van der Waals surface area contributed by atoms with Crippen molar-refractivity contribution in [3.63, 3.8) is 0 Å². The maximum atomic E-state index is 13.0. The molecular formula is C6H14BFO3. The van der Waals surface area contributed by atoms with Crippen LogP contribution in [0.5, 0.6) is 0 Å². The summed E-state index contributed by atoms with van der Waals surface area (Å²) in [6.45, 7) is 0.210. The highest BCUT2D eigenvalue weighted by Gasteiger charge is 2.30. The molecule has 0 aromatic carbocycles.